The Hall–Kier alpha value is -6.64. The lowest BCUT2D eigenvalue weighted by Crippen LogP contribution is -2.35. The van der Waals surface area contributed by atoms with Crippen molar-refractivity contribution in [1.82, 2.24) is 0 Å². The molecule has 0 amide bonds. The van der Waals surface area contributed by atoms with Crippen molar-refractivity contribution in [3.05, 3.63) is 212 Å². The Morgan fingerprint density at radius 2 is 0.962 bits per heavy atom. The topological polar surface area (TPSA) is 6.48 Å². The van der Waals surface area contributed by atoms with Gasteiger partial charge in [0.05, 0.1) is 6.04 Å². The summed E-state index contributed by atoms with van der Waals surface area (Å²) in [7, 11) is 0. The number of benzene rings is 8. The molecular formula is C51H38N2. The second-order valence-electron chi connectivity index (χ2n) is 14.1. The van der Waals surface area contributed by atoms with E-state index in [0.717, 1.165) is 23.5 Å². The van der Waals surface area contributed by atoms with Gasteiger partial charge in [0.2, 0.25) is 0 Å². The molecular weight excluding hydrogens is 641 g/mol. The summed E-state index contributed by atoms with van der Waals surface area (Å²) in [5.41, 5.74) is 12.2. The van der Waals surface area contributed by atoms with Crippen molar-refractivity contribution < 1.29 is 0 Å². The summed E-state index contributed by atoms with van der Waals surface area (Å²) in [6.45, 7) is 0. The highest BCUT2D eigenvalue weighted by molar-refractivity contribution is 6.22. The van der Waals surface area contributed by atoms with Crippen molar-refractivity contribution in [2.45, 2.75) is 18.4 Å². The summed E-state index contributed by atoms with van der Waals surface area (Å²) in [5.74, 6) is 0.323. The van der Waals surface area contributed by atoms with Crippen molar-refractivity contribution in [3.8, 4) is 22.3 Å². The summed E-state index contributed by atoms with van der Waals surface area (Å²) < 4.78 is 0. The average Bonchev–Trinajstić information content (AvgIpc) is 3.44. The van der Waals surface area contributed by atoms with Crippen LogP contribution < -0.4 is 9.80 Å². The summed E-state index contributed by atoms with van der Waals surface area (Å²) >= 11 is 0. The molecule has 53 heavy (non-hydrogen) atoms. The highest BCUT2D eigenvalue weighted by Crippen LogP contribution is 2.49. The van der Waals surface area contributed by atoms with Gasteiger partial charge in [0.1, 0.15) is 0 Å². The van der Waals surface area contributed by atoms with Gasteiger partial charge in [-0.25, -0.2) is 0 Å². The zero-order valence-electron chi connectivity index (χ0n) is 29.4. The van der Waals surface area contributed by atoms with Crippen LogP contribution in [0.5, 0.6) is 0 Å². The quantitative estimate of drug-likeness (QED) is 0.162. The second kappa shape index (κ2) is 13.2. The third-order valence-corrected chi connectivity index (χ3v) is 11.0. The summed E-state index contributed by atoms with van der Waals surface area (Å²) in [4.78, 5) is 4.95. The van der Waals surface area contributed by atoms with Crippen molar-refractivity contribution in [2.75, 3.05) is 9.80 Å². The lowest BCUT2D eigenvalue weighted by atomic mass is 9.85. The standard InChI is InChI=1S/C51H38N2/c1-5-17-36(18-6-1)50-44-27-15-16-28-45(44)51(37-19-7-2-8-20-37)48-35-42(29-31-46(48)50)52(39-22-9-3-10-23-39)43-30-32-49-47(34-43)38-21-13-14-26-41(33-38)53(49)40-24-11-4-12-25-40/h1-32,34-35,38,41H,33H2. The van der Waals surface area contributed by atoms with Crippen LogP contribution in [0.15, 0.2) is 206 Å². The van der Waals surface area contributed by atoms with Crippen LogP contribution in [0.1, 0.15) is 17.9 Å². The molecule has 0 N–H and O–H groups in total. The molecule has 2 heteroatoms. The van der Waals surface area contributed by atoms with Gasteiger partial charge in [0.25, 0.3) is 0 Å². The predicted molar refractivity (Wildman–Crippen MR) is 225 cm³/mol. The normalized spacial score (nSPS) is 16.0. The van der Waals surface area contributed by atoms with Crippen molar-refractivity contribution in [2.24, 2.45) is 0 Å². The van der Waals surface area contributed by atoms with Crippen LogP contribution in [-0.2, 0) is 0 Å². The van der Waals surface area contributed by atoms with Crippen LogP contribution in [-0.4, -0.2) is 6.04 Å². The van der Waals surface area contributed by atoms with Crippen LogP contribution in [0.25, 0.3) is 43.8 Å². The van der Waals surface area contributed by atoms with Crippen LogP contribution in [0.4, 0.5) is 28.4 Å². The van der Waals surface area contributed by atoms with Crippen LogP contribution in [0.2, 0.25) is 0 Å². The van der Waals surface area contributed by atoms with Gasteiger partial charge in [-0.2, -0.15) is 0 Å². The SMILES string of the molecule is C1=CC2CC(C=C1)N(c1ccccc1)c1ccc(N(c3ccccc3)c3ccc4c(-c5ccccc5)c5ccccc5c(-c5ccccc5)c4c3)cc12. The zero-order valence-corrected chi connectivity index (χ0v) is 29.4. The molecule has 1 aliphatic heterocycles. The van der Waals surface area contributed by atoms with Gasteiger partial charge in [-0.15, -0.1) is 0 Å². The zero-order chi connectivity index (χ0) is 35.1. The number of rotatable bonds is 6. The monoisotopic (exact) mass is 678 g/mol. The number of nitrogens with zero attached hydrogens (tertiary/aromatic N) is 2. The maximum atomic E-state index is 2.52. The number of para-hydroxylation sites is 2. The first kappa shape index (κ1) is 31.1. The smallest absolute Gasteiger partial charge is 0.0534 e. The van der Waals surface area contributed by atoms with Gasteiger partial charge in [-0.05, 0) is 110 Å². The fourth-order valence-electron chi connectivity index (χ4n) is 8.69. The van der Waals surface area contributed by atoms with Gasteiger partial charge in [0, 0.05) is 34.4 Å². The number of hydrogen-bond donors (Lipinski definition) is 0. The molecule has 1 heterocycles. The summed E-state index contributed by atoms with van der Waals surface area (Å²) in [6.07, 6.45) is 10.2. The lowest BCUT2D eigenvalue weighted by Gasteiger charge is -2.41. The largest absolute Gasteiger partial charge is 0.334 e. The lowest BCUT2D eigenvalue weighted by molar-refractivity contribution is 0.620. The van der Waals surface area contributed by atoms with Crippen LogP contribution in [0, 0.1) is 0 Å². The highest BCUT2D eigenvalue weighted by atomic mass is 15.2. The molecule has 0 spiro atoms. The molecule has 2 nitrogen and oxygen atoms in total. The Kier molecular flexibility index (Phi) is 7.73. The van der Waals surface area contributed by atoms with E-state index >= 15 is 0 Å². The second-order valence-corrected chi connectivity index (χ2v) is 14.1. The molecule has 2 bridgehead atoms. The van der Waals surface area contributed by atoms with Gasteiger partial charge >= 0.3 is 0 Å². The summed E-state index contributed by atoms with van der Waals surface area (Å²) in [6, 6.07) is 66.8. The van der Waals surface area contributed by atoms with E-state index in [4.69, 9.17) is 0 Å². The van der Waals surface area contributed by atoms with E-state index in [1.165, 1.54) is 60.7 Å². The minimum absolute atomic E-state index is 0.298. The maximum Gasteiger partial charge on any atom is 0.0534 e. The minimum Gasteiger partial charge on any atom is -0.334 e. The Labute approximate surface area is 311 Å². The molecule has 1 aliphatic carbocycles. The number of fused-ring (bicyclic) bond motifs is 6. The molecule has 8 aromatic rings. The average molecular weight is 679 g/mol. The van der Waals surface area contributed by atoms with E-state index in [1.54, 1.807) is 0 Å². The molecule has 10 rings (SSSR count). The highest BCUT2D eigenvalue weighted by Gasteiger charge is 2.33. The summed E-state index contributed by atoms with van der Waals surface area (Å²) in [5, 5.41) is 5.00. The Bertz CT molecular complexity index is 2640. The number of allylic oxidation sites excluding steroid dienone is 3. The number of anilines is 5. The van der Waals surface area contributed by atoms with Crippen LogP contribution in [0.3, 0.4) is 0 Å². The van der Waals surface area contributed by atoms with E-state index in [1.807, 2.05) is 0 Å². The van der Waals surface area contributed by atoms with E-state index in [2.05, 4.69) is 216 Å². The van der Waals surface area contributed by atoms with Crippen molar-refractivity contribution >= 4 is 50.0 Å². The third kappa shape index (κ3) is 5.43. The van der Waals surface area contributed by atoms with Crippen molar-refractivity contribution in [3.63, 3.8) is 0 Å². The first-order valence-corrected chi connectivity index (χ1v) is 18.6. The predicted octanol–water partition coefficient (Wildman–Crippen LogP) is 13.9. The molecule has 8 aromatic carbocycles. The fourth-order valence-corrected chi connectivity index (χ4v) is 8.69. The molecule has 2 aliphatic rings. The molecule has 252 valence electrons. The number of hydrogen-bond acceptors (Lipinski definition) is 2. The molecule has 0 aromatic heterocycles. The van der Waals surface area contributed by atoms with Crippen molar-refractivity contribution in [1.29, 1.82) is 0 Å². The molecule has 0 saturated heterocycles. The van der Waals surface area contributed by atoms with Crippen LogP contribution >= 0.6 is 0 Å². The van der Waals surface area contributed by atoms with E-state index in [9.17, 15) is 0 Å². The van der Waals surface area contributed by atoms with Gasteiger partial charge in [-0.1, -0.05) is 152 Å². The Balaban J connectivity index is 1.22. The van der Waals surface area contributed by atoms with E-state index in [0.29, 0.717) is 12.0 Å². The van der Waals surface area contributed by atoms with Gasteiger partial charge in [0.15, 0.2) is 0 Å². The minimum atomic E-state index is 0.298. The third-order valence-electron chi connectivity index (χ3n) is 11.0. The molecule has 0 radical (unpaired) electrons. The van der Waals surface area contributed by atoms with E-state index in [-0.39, 0.29) is 0 Å². The Morgan fingerprint density at radius 3 is 1.64 bits per heavy atom. The molecule has 2 unspecified atom stereocenters. The van der Waals surface area contributed by atoms with Gasteiger partial charge in [-0.3, -0.25) is 0 Å². The maximum absolute atomic E-state index is 2.52. The molecule has 2 atom stereocenters. The molecule has 0 saturated carbocycles. The van der Waals surface area contributed by atoms with E-state index < -0.39 is 0 Å². The fraction of sp³-hybridized carbons (Fsp3) is 0.0588. The molecule has 0 fully saturated rings. The first-order chi connectivity index (χ1) is 26.3. The van der Waals surface area contributed by atoms with Gasteiger partial charge < -0.3 is 9.80 Å². The first-order valence-electron chi connectivity index (χ1n) is 18.6. The Morgan fingerprint density at radius 1 is 0.434 bits per heavy atom.